The molecule has 5 nitrogen and oxygen atoms in total. The molecule has 0 aliphatic heterocycles. The molecule has 2 aromatic carbocycles. The number of benzene rings is 2. The number of anilines is 1. The number of hydrogen-bond acceptors (Lipinski definition) is 4. The van der Waals surface area contributed by atoms with Crippen LogP contribution in [0.1, 0.15) is 12.5 Å². The van der Waals surface area contributed by atoms with Gasteiger partial charge in [-0.2, -0.15) is 0 Å². The molecule has 2 aromatic rings. The van der Waals surface area contributed by atoms with Crippen molar-refractivity contribution in [1.29, 1.82) is 0 Å². The van der Waals surface area contributed by atoms with E-state index in [1.807, 2.05) is 25.1 Å². The van der Waals surface area contributed by atoms with Crippen LogP contribution < -0.4 is 19.5 Å². The van der Waals surface area contributed by atoms with E-state index in [9.17, 15) is 4.79 Å². The van der Waals surface area contributed by atoms with Gasteiger partial charge >= 0.3 is 0 Å². The smallest absolute Gasteiger partial charge is 0.248 e. The summed E-state index contributed by atoms with van der Waals surface area (Å²) >= 11 is 0. The third kappa shape index (κ3) is 5.41. The van der Waals surface area contributed by atoms with Crippen LogP contribution in [-0.2, 0) is 4.79 Å². The third-order valence-electron chi connectivity index (χ3n) is 3.45. The Kier molecular flexibility index (Phi) is 6.85. The molecule has 2 rings (SSSR count). The minimum Gasteiger partial charge on any atom is -0.493 e. The molecule has 0 saturated carbocycles. The summed E-state index contributed by atoms with van der Waals surface area (Å²) in [6.45, 7) is 6.09. The predicted octanol–water partition coefficient (Wildman–Crippen LogP) is 4.31. The van der Waals surface area contributed by atoms with E-state index >= 15 is 0 Å². The molecule has 0 unspecified atom stereocenters. The summed E-state index contributed by atoms with van der Waals surface area (Å²) in [5.74, 6) is 1.58. The Labute approximate surface area is 153 Å². The lowest BCUT2D eigenvalue weighted by Crippen LogP contribution is -2.10. The predicted molar refractivity (Wildman–Crippen MR) is 104 cm³/mol. The Hall–Kier alpha value is -3.21. The molecule has 0 spiro atoms. The van der Waals surface area contributed by atoms with Crippen molar-refractivity contribution >= 4 is 17.7 Å². The van der Waals surface area contributed by atoms with Crippen molar-refractivity contribution in [3.63, 3.8) is 0 Å². The van der Waals surface area contributed by atoms with Gasteiger partial charge in [0.1, 0.15) is 12.4 Å². The number of para-hydroxylation sites is 2. The zero-order valence-electron chi connectivity index (χ0n) is 15.2. The van der Waals surface area contributed by atoms with E-state index in [1.54, 1.807) is 44.6 Å². The largest absolute Gasteiger partial charge is 0.493 e. The highest BCUT2D eigenvalue weighted by Crippen LogP contribution is 2.28. The molecule has 1 N–H and O–H groups in total. The van der Waals surface area contributed by atoms with Crippen LogP contribution in [0.25, 0.3) is 6.08 Å². The second kappa shape index (κ2) is 9.32. The summed E-state index contributed by atoms with van der Waals surface area (Å²) in [4.78, 5) is 12.2. The zero-order chi connectivity index (χ0) is 18.9. The van der Waals surface area contributed by atoms with E-state index in [0.29, 0.717) is 29.5 Å². The van der Waals surface area contributed by atoms with Crippen molar-refractivity contribution in [2.45, 2.75) is 6.92 Å². The van der Waals surface area contributed by atoms with E-state index in [2.05, 4.69) is 11.9 Å². The second-order valence-corrected chi connectivity index (χ2v) is 5.68. The molecule has 136 valence electrons. The average Bonchev–Trinajstić information content (AvgIpc) is 2.65. The maximum absolute atomic E-state index is 12.2. The number of ether oxygens (including phenoxy) is 3. The summed E-state index contributed by atoms with van der Waals surface area (Å²) in [5, 5.41) is 2.82. The van der Waals surface area contributed by atoms with Crippen LogP contribution in [0.4, 0.5) is 5.69 Å². The summed E-state index contributed by atoms with van der Waals surface area (Å²) in [5.41, 5.74) is 2.33. The van der Waals surface area contributed by atoms with E-state index in [1.165, 1.54) is 6.08 Å². The number of rotatable bonds is 8. The van der Waals surface area contributed by atoms with Gasteiger partial charge in [-0.05, 0) is 48.4 Å². The molecule has 0 radical (unpaired) electrons. The number of nitrogens with one attached hydrogen (secondary N) is 1. The van der Waals surface area contributed by atoms with Crippen molar-refractivity contribution in [2.24, 2.45) is 0 Å². The van der Waals surface area contributed by atoms with Gasteiger partial charge in [0.2, 0.25) is 5.91 Å². The van der Waals surface area contributed by atoms with Crippen molar-refractivity contribution in [3.05, 3.63) is 66.3 Å². The van der Waals surface area contributed by atoms with Gasteiger partial charge < -0.3 is 19.5 Å². The highest BCUT2D eigenvalue weighted by molar-refractivity contribution is 6.02. The normalized spacial score (nSPS) is 10.4. The Balaban J connectivity index is 2.07. The molecular weight excluding hydrogens is 330 g/mol. The van der Waals surface area contributed by atoms with Crippen LogP contribution in [0.15, 0.2) is 60.7 Å². The van der Waals surface area contributed by atoms with E-state index < -0.39 is 0 Å². The summed E-state index contributed by atoms with van der Waals surface area (Å²) in [7, 11) is 3.15. The fourth-order valence-corrected chi connectivity index (χ4v) is 2.20. The molecule has 5 heteroatoms. The fourth-order valence-electron chi connectivity index (χ4n) is 2.20. The van der Waals surface area contributed by atoms with E-state index in [4.69, 9.17) is 14.2 Å². The Morgan fingerprint density at radius 2 is 1.81 bits per heavy atom. The van der Waals surface area contributed by atoms with Gasteiger partial charge in [0.05, 0.1) is 19.9 Å². The Morgan fingerprint density at radius 3 is 2.50 bits per heavy atom. The van der Waals surface area contributed by atoms with Crippen molar-refractivity contribution in [3.8, 4) is 17.2 Å². The Morgan fingerprint density at radius 1 is 1.08 bits per heavy atom. The van der Waals surface area contributed by atoms with Crippen molar-refractivity contribution in [1.82, 2.24) is 0 Å². The van der Waals surface area contributed by atoms with Crippen molar-refractivity contribution in [2.75, 3.05) is 26.1 Å². The number of hydrogen-bond donors (Lipinski definition) is 1. The van der Waals surface area contributed by atoms with E-state index in [0.717, 1.165) is 11.1 Å². The van der Waals surface area contributed by atoms with Gasteiger partial charge in [-0.15, -0.1) is 0 Å². The third-order valence-corrected chi connectivity index (χ3v) is 3.45. The minimum atomic E-state index is -0.258. The van der Waals surface area contributed by atoms with Crippen LogP contribution in [-0.4, -0.2) is 26.7 Å². The molecule has 0 aliphatic rings. The standard InChI is InChI=1S/C21H23NO4/c1-15(2)14-26-18-8-6-5-7-17(18)22-21(23)12-10-16-9-11-19(24-3)20(13-16)25-4/h5-13H,1,14H2,2-4H3,(H,22,23)/b12-10+. The molecular formula is C21H23NO4. The average molecular weight is 353 g/mol. The van der Waals surface area contributed by atoms with Crippen molar-refractivity contribution < 1.29 is 19.0 Å². The zero-order valence-corrected chi connectivity index (χ0v) is 15.2. The first kappa shape index (κ1) is 19.1. The first-order chi connectivity index (χ1) is 12.5. The molecule has 0 saturated heterocycles. The SMILES string of the molecule is C=C(C)COc1ccccc1NC(=O)/C=C/c1ccc(OC)c(OC)c1. The second-order valence-electron chi connectivity index (χ2n) is 5.68. The van der Waals surface area contributed by atoms with Crippen LogP contribution in [0.3, 0.4) is 0 Å². The first-order valence-corrected chi connectivity index (χ1v) is 8.10. The van der Waals surface area contributed by atoms with Gasteiger partial charge in [-0.25, -0.2) is 0 Å². The van der Waals surface area contributed by atoms with Crippen LogP contribution in [0.5, 0.6) is 17.2 Å². The molecule has 0 aromatic heterocycles. The summed E-state index contributed by atoms with van der Waals surface area (Å²) in [6, 6.07) is 12.7. The van der Waals surface area contributed by atoms with Gasteiger partial charge in [0, 0.05) is 6.08 Å². The number of carbonyl (C=O) groups excluding carboxylic acids is 1. The maximum atomic E-state index is 12.2. The molecule has 26 heavy (non-hydrogen) atoms. The highest BCUT2D eigenvalue weighted by atomic mass is 16.5. The van der Waals surface area contributed by atoms with E-state index in [-0.39, 0.29) is 5.91 Å². The van der Waals surface area contributed by atoms with Gasteiger partial charge in [-0.1, -0.05) is 24.8 Å². The van der Waals surface area contributed by atoms with Crippen LogP contribution >= 0.6 is 0 Å². The minimum absolute atomic E-state index is 0.258. The lowest BCUT2D eigenvalue weighted by molar-refractivity contribution is -0.111. The highest BCUT2D eigenvalue weighted by Gasteiger charge is 2.06. The molecule has 0 aliphatic carbocycles. The van der Waals surface area contributed by atoms with Gasteiger partial charge in [-0.3, -0.25) is 4.79 Å². The first-order valence-electron chi connectivity index (χ1n) is 8.10. The number of methoxy groups -OCH3 is 2. The fraction of sp³-hybridized carbons (Fsp3) is 0.190. The maximum Gasteiger partial charge on any atom is 0.248 e. The summed E-state index contributed by atoms with van der Waals surface area (Å²) < 4.78 is 16.1. The number of amides is 1. The lowest BCUT2D eigenvalue weighted by Gasteiger charge is -2.11. The monoisotopic (exact) mass is 353 g/mol. The topological polar surface area (TPSA) is 56.8 Å². The molecule has 1 amide bonds. The van der Waals surface area contributed by atoms with Gasteiger partial charge in [0.15, 0.2) is 11.5 Å². The molecule has 0 bridgehead atoms. The number of carbonyl (C=O) groups is 1. The Bertz CT molecular complexity index is 811. The molecule has 0 fully saturated rings. The van der Waals surface area contributed by atoms with Crippen LogP contribution in [0, 0.1) is 0 Å². The van der Waals surface area contributed by atoms with Crippen LogP contribution in [0.2, 0.25) is 0 Å². The molecule has 0 atom stereocenters. The summed E-state index contributed by atoms with van der Waals surface area (Å²) in [6.07, 6.45) is 3.16. The lowest BCUT2D eigenvalue weighted by atomic mass is 10.2. The molecule has 0 heterocycles. The van der Waals surface area contributed by atoms with Gasteiger partial charge in [0.25, 0.3) is 0 Å². The quantitative estimate of drug-likeness (QED) is 0.567.